The van der Waals surface area contributed by atoms with Gasteiger partial charge in [-0.2, -0.15) is 0 Å². The Morgan fingerprint density at radius 2 is 1.24 bits per heavy atom. The third-order valence-electron chi connectivity index (χ3n) is 10.5. The smallest absolute Gasteiger partial charge is 0.339 e. The Bertz CT molecular complexity index is 2450. The van der Waals surface area contributed by atoms with Gasteiger partial charge in [0.15, 0.2) is 18.1 Å². The zero-order valence-electron chi connectivity index (χ0n) is 37.3. The number of benzene rings is 4. The van der Waals surface area contributed by atoms with Crippen molar-refractivity contribution >= 4 is 53.0 Å². The van der Waals surface area contributed by atoms with Crippen LogP contribution in [-0.2, 0) is 51.1 Å². The van der Waals surface area contributed by atoms with Crippen molar-refractivity contribution in [3.63, 3.8) is 0 Å². The highest BCUT2D eigenvalue weighted by Gasteiger charge is 2.33. The van der Waals surface area contributed by atoms with Gasteiger partial charge in [-0.1, -0.05) is 92.7 Å². The van der Waals surface area contributed by atoms with Crippen molar-refractivity contribution in [1.82, 2.24) is 21.3 Å². The van der Waals surface area contributed by atoms with Crippen LogP contribution in [0.2, 0.25) is 0 Å². The number of nitrogens with one attached hydrogen (secondary N) is 4. The van der Waals surface area contributed by atoms with Crippen LogP contribution in [0, 0.1) is 29.9 Å². The van der Waals surface area contributed by atoms with E-state index in [0.29, 0.717) is 16.7 Å². The van der Waals surface area contributed by atoms with Crippen LogP contribution >= 0.6 is 0 Å². The lowest BCUT2D eigenvalue weighted by Gasteiger charge is -2.27. The van der Waals surface area contributed by atoms with Crippen molar-refractivity contribution in [2.75, 3.05) is 6.61 Å². The average Bonchev–Trinajstić information content (AvgIpc) is 3.26. The normalized spacial score (nSPS) is 12.7. The number of carbonyl (C=O) groups is 8. The van der Waals surface area contributed by atoms with Crippen LogP contribution in [0.15, 0.2) is 91.0 Å². The lowest BCUT2D eigenvalue weighted by Crippen LogP contribution is -2.58. The Kier molecular flexibility index (Phi) is 18.8. The third-order valence-corrected chi connectivity index (χ3v) is 10.5. The maximum atomic E-state index is 14.1. The molecule has 0 bridgehead atoms. The number of ether oxygens (including phenoxy) is 1. The molecule has 7 N–H and O–H groups in total. The highest BCUT2D eigenvalue weighted by molar-refractivity contribution is 5.99. The maximum absolute atomic E-state index is 14.1. The van der Waals surface area contributed by atoms with Gasteiger partial charge in [-0.25, -0.2) is 4.79 Å². The van der Waals surface area contributed by atoms with Crippen molar-refractivity contribution in [2.24, 2.45) is 5.92 Å². The summed E-state index contributed by atoms with van der Waals surface area (Å²) in [6, 6.07) is 18.4. The molecule has 0 spiro atoms. The highest BCUT2D eigenvalue weighted by atomic mass is 16.6. The number of carbonyl (C=O) groups excluding carboxylic acids is 6. The fourth-order valence-corrected chi connectivity index (χ4v) is 7.09. The number of aliphatic carboxylic acids is 2. The first-order valence-corrected chi connectivity index (χ1v) is 21.2. The standard InChI is InChI=1S/C48H53N5O14/c1-27(2)21-36(49-41(56)24-31-15-19-39(54)38(23-31)53(65)66)46(62)50-34(18-20-42(57)58)45(61)52-37(22-30-13-16-33(17-14-30)32-11-6-5-7-12-32)47(63)51-35(25-43(59)60)40(55)26-67-48(64)44-28(3)9-8-10-29(44)4/h5-17,19,23,27,34-37,54H,18,20-22,24-26H2,1-4H3,(H,49,56)(H,50,62)(H,51,63)(H,52,61)(H,57,58)(H,59,60)/t34-,35-,36-,37-/m0/s1. The minimum absolute atomic E-state index is 0.0312. The zero-order valence-corrected chi connectivity index (χ0v) is 37.3. The number of phenols is 1. The zero-order chi connectivity index (χ0) is 49.4. The summed E-state index contributed by atoms with van der Waals surface area (Å²) in [5.74, 6) is -9.17. The van der Waals surface area contributed by atoms with Gasteiger partial charge < -0.3 is 41.3 Å². The molecule has 0 saturated carbocycles. The van der Waals surface area contributed by atoms with E-state index in [1.807, 2.05) is 30.3 Å². The number of aryl methyl sites for hydroxylation is 2. The highest BCUT2D eigenvalue weighted by Crippen LogP contribution is 2.27. The van der Waals surface area contributed by atoms with Gasteiger partial charge in [0, 0.05) is 18.9 Å². The summed E-state index contributed by atoms with van der Waals surface area (Å²) in [6.07, 6.45) is -2.70. The number of hydrogen-bond donors (Lipinski definition) is 7. The molecule has 4 aromatic rings. The molecule has 4 rings (SSSR count). The number of phenolic OH excluding ortho intramolecular Hbond substituents is 1. The van der Waals surface area contributed by atoms with Crippen molar-refractivity contribution < 1.29 is 63.3 Å². The monoisotopic (exact) mass is 923 g/mol. The Balaban J connectivity index is 1.60. The largest absolute Gasteiger partial charge is 0.502 e. The molecule has 4 amide bonds. The van der Waals surface area contributed by atoms with Gasteiger partial charge >= 0.3 is 23.6 Å². The summed E-state index contributed by atoms with van der Waals surface area (Å²) < 4.78 is 5.24. The van der Waals surface area contributed by atoms with E-state index in [4.69, 9.17) is 4.74 Å². The average molecular weight is 924 g/mol. The van der Waals surface area contributed by atoms with Crippen molar-refractivity contribution in [3.05, 3.63) is 129 Å². The molecule has 354 valence electrons. The number of ketones is 1. The molecule has 0 aromatic heterocycles. The summed E-state index contributed by atoms with van der Waals surface area (Å²) in [7, 11) is 0. The molecule has 0 saturated heterocycles. The van der Waals surface area contributed by atoms with Crippen molar-refractivity contribution in [1.29, 1.82) is 0 Å². The van der Waals surface area contributed by atoms with Crippen molar-refractivity contribution in [3.8, 4) is 16.9 Å². The maximum Gasteiger partial charge on any atom is 0.339 e. The minimum Gasteiger partial charge on any atom is -0.502 e. The molecule has 0 aliphatic heterocycles. The number of hydrogen-bond acceptors (Lipinski definition) is 12. The van der Waals surface area contributed by atoms with Crippen LogP contribution in [0.5, 0.6) is 5.75 Å². The number of Topliss-reactive ketones (excluding diaryl/α,β-unsaturated/α-hetero) is 1. The molecule has 19 nitrogen and oxygen atoms in total. The van der Waals surface area contributed by atoms with Crippen molar-refractivity contribution in [2.45, 2.75) is 90.4 Å². The van der Waals surface area contributed by atoms with Gasteiger partial charge in [0.2, 0.25) is 23.6 Å². The van der Waals surface area contributed by atoms with Gasteiger partial charge in [-0.15, -0.1) is 0 Å². The summed E-state index contributed by atoms with van der Waals surface area (Å²) in [6.45, 7) is 5.92. The molecule has 67 heavy (non-hydrogen) atoms. The molecule has 4 atom stereocenters. The Morgan fingerprint density at radius 1 is 0.672 bits per heavy atom. The number of carboxylic acids is 2. The molecule has 19 heteroatoms. The molecule has 0 radical (unpaired) electrons. The Morgan fingerprint density at radius 3 is 1.84 bits per heavy atom. The van der Waals surface area contributed by atoms with Crippen LogP contribution in [0.3, 0.4) is 0 Å². The predicted octanol–water partition coefficient (Wildman–Crippen LogP) is 4.12. The Hall–Kier alpha value is -7.96. The van der Waals surface area contributed by atoms with E-state index in [0.717, 1.165) is 23.3 Å². The van der Waals surface area contributed by atoms with Gasteiger partial charge in [-0.05, 0) is 72.1 Å². The second-order valence-electron chi connectivity index (χ2n) is 16.3. The lowest BCUT2D eigenvalue weighted by atomic mass is 9.99. The molecule has 0 unspecified atom stereocenters. The van der Waals surface area contributed by atoms with E-state index in [-0.39, 0.29) is 29.9 Å². The minimum atomic E-state index is -1.74. The SMILES string of the molecule is Cc1cccc(C)c1C(=O)OCC(=O)[C@H](CC(=O)O)NC(=O)[C@H](Cc1ccc(-c2ccccc2)cc1)NC(=O)[C@H](CCC(=O)O)NC(=O)[C@H](CC(C)C)NC(=O)Cc1ccc(O)c([N+](=O)[O-])c1. The topological polar surface area (TPSA) is 298 Å². The second-order valence-corrected chi connectivity index (χ2v) is 16.3. The Labute approximate surface area is 385 Å². The van der Waals surface area contributed by atoms with Crippen LogP contribution in [0.1, 0.15) is 72.1 Å². The number of nitro groups is 1. The summed E-state index contributed by atoms with van der Waals surface area (Å²) in [5.41, 5.74) is 3.06. The van der Waals surface area contributed by atoms with Crippen LogP contribution in [0.25, 0.3) is 11.1 Å². The fraction of sp³-hybridized carbons (Fsp3) is 0.333. The lowest BCUT2D eigenvalue weighted by molar-refractivity contribution is -0.385. The second kappa shape index (κ2) is 24.4. The number of rotatable bonds is 24. The molecule has 0 heterocycles. The molecule has 0 aliphatic rings. The summed E-state index contributed by atoms with van der Waals surface area (Å²) in [5, 5.41) is 50.3. The number of aromatic hydroxyl groups is 1. The van der Waals surface area contributed by atoms with Crippen LogP contribution < -0.4 is 21.3 Å². The molecule has 4 aromatic carbocycles. The number of amides is 4. The predicted molar refractivity (Wildman–Crippen MR) is 242 cm³/mol. The van der Waals surface area contributed by atoms with Gasteiger partial charge in [-0.3, -0.25) is 43.7 Å². The first kappa shape index (κ1) is 51.7. The van der Waals surface area contributed by atoms with Crippen LogP contribution in [-0.4, -0.2) is 98.3 Å². The van der Waals surface area contributed by atoms with E-state index in [9.17, 15) is 63.8 Å². The number of nitro benzene ring substituents is 1. The number of esters is 1. The van der Waals surface area contributed by atoms with E-state index >= 15 is 0 Å². The van der Waals surface area contributed by atoms with Crippen LogP contribution in [0.4, 0.5) is 5.69 Å². The van der Waals surface area contributed by atoms with E-state index in [1.54, 1.807) is 70.2 Å². The number of nitrogens with zero attached hydrogens (tertiary/aromatic N) is 1. The van der Waals surface area contributed by atoms with E-state index in [1.165, 1.54) is 6.07 Å². The summed E-state index contributed by atoms with van der Waals surface area (Å²) >= 11 is 0. The summed E-state index contributed by atoms with van der Waals surface area (Å²) in [4.78, 5) is 116. The van der Waals surface area contributed by atoms with E-state index < -0.39 is 120 Å². The molecule has 0 fully saturated rings. The first-order chi connectivity index (χ1) is 31.7. The van der Waals surface area contributed by atoms with Gasteiger partial charge in [0.05, 0.1) is 23.3 Å². The third kappa shape index (κ3) is 15.9. The number of carboxylic acid groups (broad SMARTS) is 2. The molecular weight excluding hydrogens is 871 g/mol. The van der Waals surface area contributed by atoms with E-state index in [2.05, 4.69) is 21.3 Å². The molecular formula is C48H53N5O14. The van der Waals surface area contributed by atoms with Gasteiger partial charge in [0.25, 0.3) is 0 Å². The molecule has 0 aliphatic carbocycles. The van der Waals surface area contributed by atoms with Gasteiger partial charge in [0.1, 0.15) is 24.2 Å². The quantitative estimate of drug-likeness (QED) is 0.0296. The fourth-order valence-electron chi connectivity index (χ4n) is 7.09. The first-order valence-electron chi connectivity index (χ1n) is 21.2.